The van der Waals surface area contributed by atoms with Crippen molar-refractivity contribution in [1.29, 1.82) is 0 Å². The molecule has 2 rings (SSSR count). The SMILES string of the molecule is COc1ccccc1C=Nc1cc(C(C)C)c(O)cc1C. The van der Waals surface area contributed by atoms with Gasteiger partial charge in [-0.15, -0.1) is 0 Å². The number of ether oxygens (including phenoxy) is 1. The Morgan fingerprint density at radius 2 is 1.90 bits per heavy atom. The number of rotatable bonds is 4. The number of aromatic hydroxyl groups is 1. The van der Waals surface area contributed by atoms with Crippen LogP contribution < -0.4 is 4.74 Å². The van der Waals surface area contributed by atoms with Gasteiger partial charge in [-0.25, -0.2) is 0 Å². The Labute approximate surface area is 125 Å². The molecule has 0 unspecified atom stereocenters. The number of para-hydroxylation sites is 1. The molecule has 2 aromatic rings. The van der Waals surface area contributed by atoms with Gasteiger partial charge >= 0.3 is 0 Å². The molecule has 0 aliphatic rings. The summed E-state index contributed by atoms with van der Waals surface area (Å²) in [6.07, 6.45) is 1.79. The van der Waals surface area contributed by atoms with Crippen LogP contribution >= 0.6 is 0 Å². The van der Waals surface area contributed by atoms with Gasteiger partial charge < -0.3 is 9.84 Å². The molecule has 0 radical (unpaired) electrons. The van der Waals surface area contributed by atoms with E-state index in [1.165, 1.54) is 0 Å². The quantitative estimate of drug-likeness (QED) is 0.834. The van der Waals surface area contributed by atoms with Gasteiger partial charge in [0.15, 0.2) is 0 Å². The maximum atomic E-state index is 9.98. The first kappa shape index (κ1) is 15.1. The van der Waals surface area contributed by atoms with Gasteiger partial charge in [-0.05, 0) is 48.2 Å². The van der Waals surface area contributed by atoms with Gasteiger partial charge in [0.25, 0.3) is 0 Å². The highest BCUT2D eigenvalue weighted by Gasteiger charge is 2.09. The lowest BCUT2D eigenvalue weighted by molar-refractivity contribution is 0.414. The topological polar surface area (TPSA) is 41.8 Å². The van der Waals surface area contributed by atoms with E-state index in [4.69, 9.17) is 4.74 Å². The lowest BCUT2D eigenvalue weighted by Gasteiger charge is -2.11. The van der Waals surface area contributed by atoms with Gasteiger partial charge in [0, 0.05) is 11.8 Å². The second-order valence-electron chi connectivity index (χ2n) is 5.35. The second kappa shape index (κ2) is 6.44. The maximum Gasteiger partial charge on any atom is 0.127 e. The van der Waals surface area contributed by atoms with E-state index in [-0.39, 0.29) is 5.92 Å². The van der Waals surface area contributed by atoms with E-state index in [9.17, 15) is 5.11 Å². The summed E-state index contributed by atoms with van der Waals surface area (Å²) in [7, 11) is 1.65. The highest BCUT2D eigenvalue weighted by Crippen LogP contribution is 2.32. The zero-order valence-corrected chi connectivity index (χ0v) is 12.9. The summed E-state index contributed by atoms with van der Waals surface area (Å²) in [5.41, 5.74) is 3.65. The molecule has 0 aliphatic heterocycles. The van der Waals surface area contributed by atoms with Gasteiger partial charge in [0.05, 0.1) is 12.8 Å². The van der Waals surface area contributed by atoms with Crippen LogP contribution in [0.5, 0.6) is 11.5 Å². The van der Waals surface area contributed by atoms with Crippen LogP contribution in [0, 0.1) is 6.92 Å². The van der Waals surface area contributed by atoms with Crippen LogP contribution in [0.4, 0.5) is 5.69 Å². The van der Waals surface area contributed by atoms with Crippen molar-refractivity contribution in [1.82, 2.24) is 0 Å². The fourth-order valence-electron chi connectivity index (χ4n) is 2.21. The second-order valence-corrected chi connectivity index (χ2v) is 5.35. The smallest absolute Gasteiger partial charge is 0.127 e. The molecule has 0 atom stereocenters. The zero-order chi connectivity index (χ0) is 15.4. The summed E-state index contributed by atoms with van der Waals surface area (Å²) in [4.78, 5) is 4.55. The molecule has 2 aromatic carbocycles. The fraction of sp³-hybridized carbons (Fsp3) is 0.278. The minimum atomic E-state index is 0.255. The lowest BCUT2D eigenvalue weighted by Crippen LogP contribution is -1.91. The summed E-state index contributed by atoms with van der Waals surface area (Å²) in [6, 6.07) is 11.5. The Kier molecular flexibility index (Phi) is 4.63. The predicted octanol–water partition coefficient (Wildman–Crippen LogP) is 4.58. The van der Waals surface area contributed by atoms with E-state index < -0.39 is 0 Å². The van der Waals surface area contributed by atoms with Crippen LogP contribution in [0.1, 0.15) is 36.5 Å². The third-order valence-corrected chi connectivity index (χ3v) is 3.45. The first-order valence-corrected chi connectivity index (χ1v) is 7.03. The van der Waals surface area contributed by atoms with Gasteiger partial charge in [-0.3, -0.25) is 4.99 Å². The van der Waals surface area contributed by atoms with E-state index >= 15 is 0 Å². The van der Waals surface area contributed by atoms with Crippen molar-refractivity contribution < 1.29 is 9.84 Å². The average Bonchev–Trinajstić information content (AvgIpc) is 2.46. The Hall–Kier alpha value is -2.29. The molecule has 0 amide bonds. The molecule has 0 saturated carbocycles. The lowest BCUT2D eigenvalue weighted by atomic mass is 9.99. The number of hydrogen-bond acceptors (Lipinski definition) is 3. The van der Waals surface area contributed by atoms with Crippen molar-refractivity contribution in [2.45, 2.75) is 26.7 Å². The van der Waals surface area contributed by atoms with Crippen molar-refractivity contribution >= 4 is 11.9 Å². The van der Waals surface area contributed by atoms with E-state index in [1.54, 1.807) is 19.4 Å². The summed E-state index contributed by atoms with van der Waals surface area (Å²) in [5, 5.41) is 9.98. The highest BCUT2D eigenvalue weighted by molar-refractivity contribution is 5.85. The van der Waals surface area contributed by atoms with Gasteiger partial charge in [-0.1, -0.05) is 26.0 Å². The number of phenols is 1. The number of phenolic OH excluding ortho intramolecular Hbond substituents is 1. The van der Waals surface area contributed by atoms with Crippen molar-refractivity contribution in [3.05, 3.63) is 53.1 Å². The summed E-state index contributed by atoms with van der Waals surface area (Å²) in [5.74, 6) is 1.38. The van der Waals surface area contributed by atoms with Crippen LogP contribution in [-0.2, 0) is 0 Å². The number of aryl methyl sites for hydroxylation is 1. The number of hydrogen-bond donors (Lipinski definition) is 1. The molecule has 0 heterocycles. The van der Waals surface area contributed by atoms with Crippen molar-refractivity contribution in [3.8, 4) is 11.5 Å². The fourth-order valence-corrected chi connectivity index (χ4v) is 2.21. The van der Waals surface area contributed by atoms with Crippen LogP contribution in [0.2, 0.25) is 0 Å². The van der Waals surface area contributed by atoms with E-state index in [1.807, 2.05) is 37.3 Å². The standard InChI is InChI=1S/C18H21NO2/c1-12(2)15-10-16(13(3)9-17(15)20)19-11-14-7-5-6-8-18(14)21-4/h5-12,20H,1-4H3. The molecule has 0 saturated heterocycles. The summed E-state index contributed by atoms with van der Waals surface area (Å²) >= 11 is 0. The molecule has 0 fully saturated rings. The Bertz CT molecular complexity index is 660. The zero-order valence-electron chi connectivity index (χ0n) is 12.9. The first-order valence-electron chi connectivity index (χ1n) is 7.03. The Morgan fingerprint density at radius 3 is 2.57 bits per heavy atom. The average molecular weight is 283 g/mol. The van der Waals surface area contributed by atoms with Crippen LogP contribution in [0.25, 0.3) is 0 Å². The molecule has 0 bridgehead atoms. The third kappa shape index (κ3) is 3.43. The molecule has 110 valence electrons. The molecule has 21 heavy (non-hydrogen) atoms. The van der Waals surface area contributed by atoms with E-state index in [0.717, 1.165) is 28.1 Å². The van der Waals surface area contributed by atoms with Gasteiger partial charge in [0.1, 0.15) is 11.5 Å². The van der Waals surface area contributed by atoms with Crippen molar-refractivity contribution in [2.24, 2.45) is 4.99 Å². The monoisotopic (exact) mass is 283 g/mol. The normalized spacial score (nSPS) is 11.3. The maximum absolute atomic E-state index is 9.98. The Morgan fingerprint density at radius 1 is 1.19 bits per heavy atom. The molecule has 0 aliphatic carbocycles. The minimum Gasteiger partial charge on any atom is -0.508 e. The number of nitrogens with zero attached hydrogens (tertiary/aromatic N) is 1. The predicted molar refractivity (Wildman–Crippen MR) is 87.2 cm³/mol. The molecule has 3 nitrogen and oxygen atoms in total. The molecule has 0 aromatic heterocycles. The van der Waals surface area contributed by atoms with Crippen LogP contribution in [-0.4, -0.2) is 18.4 Å². The molecule has 0 spiro atoms. The first-order chi connectivity index (χ1) is 10.0. The Balaban J connectivity index is 2.39. The number of aliphatic imine (C=N–C) groups is 1. The largest absolute Gasteiger partial charge is 0.508 e. The summed E-state index contributed by atoms with van der Waals surface area (Å²) < 4.78 is 5.31. The highest BCUT2D eigenvalue weighted by atomic mass is 16.5. The minimum absolute atomic E-state index is 0.255. The third-order valence-electron chi connectivity index (χ3n) is 3.45. The van der Waals surface area contributed by atoms with Crippen LogP contribution in [0.15, 0.2) is 41.4 Å². The van der Waals surface area contributed by atoms with E-state index in [0.29, 0.717) is 5.75 Å². The van der Waals surface area contributed by atoms with Crippen molar-refractivity contribution in [3.63, 3.8) is 0 Å². The number of methoxy groups -OCH3 is 1. The van der Waals surface area contributed by atoms with Gasteiger partial charge in [-0.2, -0.15) is 0 Å². The molecule has 1 N–H and O–H groups in total. The molecule has 3 heteroatoms. The molecular weight excluding hydrogens is 262 g/mol. The number of benzene rings is 2. The molecular formula is C18H21NO2. The van der Waals surface area contributed by atoms with Crippen molar-refractivity contribution in [2.75, 3.05) is 7.11 Å². The van der Waals surface area contributed by atoms with E-state index in [2.05, 4.69) is 18.8 Å². The van der Waals surface area contributed by atoms with Gasteiger partial charge in [0.2, 0.25) is 0 Å². The summed E-state index contributed by atoms with van der Waals surface area (Å²) in [6.45, 7) is 6.05. The van der Waals surface area contributed by atoms with Crippen LogP contribution in [0.3, 0.4) is 0 Å².